The number of anilines is 2. The number of nitrogens with zero attached hydrogens (tertiary/aromatic N) is 1. The molecule has 1 heterocycles. The monoisotopic (exact) mass is 392 g/mol. The zero-order chi connectivity index (χ0) is 18.8. The standard InChI is InChI=1S/C19H18Cl2N2O3/c1-11(26-18-6-3-14(20)10-16(18)21)19(25)22-15-4-5-17-13(9-15)7-8-23(17)12(2)24/h3-6,9-11H,7-8H2,1-2H3,(H,22,25)/t11-/m1/s1. The van der Waals surface area contributed by atoms with Crippen LogP contribution in [0.4, 0.5) is 11.4 Å². The first-order chi connectivity index (χ1) is 12.3. The average molecular weight is 393 g/mol. The SMILES string of the molecule is CC(=O)N1CCc2cc(NC(=O)[C@@H](C)Oc3ccc(Cl)cc3Cl)ccc21. The summed E-state index contributed by atoms with van der Waals surface area (Å²) >= 11 is 11.9. The fourth-order valence-electron chi connectivity index (χ4n) is 2.87. The number of benzene rings is 2. The molecule has 0 fully saturated rings. The maximum Gasteiger partial charge on any atom is 0.265 e. The van der Waals surface area contributed by atoms with E-state index in [2.05, 4.69) is 5.32 Å². The first-order valence-corrected chi connectivity index (χ1v) is 8.94. The molecule has 1 aliphatic heterocycles. The van der Waals surface area contributed by atoms with Crippen LogP contribution in [0, 0.1) is 0 Å². The first-order valence-electron chi connectivity index (χ1n) is 8.19. The maximum atomic E-state index is 12.4. The molecule has 1 atom stereocenters. The normalized spacial score (nSPS) is 13.9. The van der Waals surface area contributed by atoms with Gasteiger partial charge in [0.25, 0.3) is 5.91 Å². The smallest absolute Gasteiger partial charge is 0.265 e. The number of halogens is 2. The van der Waals surface area contributed by atoms with Gasteiger partial charge in [-0.1, -0.05) is 23.2 Å². The maximum absolute atomic E-state index is 12.4. The molecule has 1 aliphatic rings. The molecule has 3 rings (SSSR count). The second-order valence-electron chi connectivity index (χ2n) is 6.09. The van der Waals surface area contributed by atoms with E-state index in [0.29, 0.717) is 28.0 Å². The molecule has 0 aromatic heterocycles. The third-order valence-electron chi connectivity index (χ3n) is 4.19. The van der Waals surface area contributed by atoms with Crippen molar-refractivity contribution in [2.24, 2.45) is 0 Å². The Morgan fingerprint density at radius 1 is 1.19 bits per heavy atom. The minimum Gasteiger partial charge on any atom is -0.479 e. The summed E-state index contributed by atoms with van der Waals surface area (Å²) in [6.45, 7) is 3.85. The Bertz CT molecular complexity index is 870. The van der Waals surface area contributed by atoms with Gasteiger partial charge >= 0.3 is 0 Å². The highest BCUT2D eigenvalue weighted by atomic mass is 35.5. The first kappa shape index (κ1) is 18.5. The number of fused-ring (bicyclic) bond motifs is 1. The molecule has 0 radical (unpaired) electrons. The van der Waals surface area contributed by atoms with E-state index in [-0.39, 0.29) is 11.8 Å². The highest BCUT2D eigenvalue weighted by Crippen LogP contribution is 2.31. The van der Waals surface area contributed by atoms with Gasteiger partial charge in [0, 0.05) is 29.9 Å². The Labute approximate surface area is 161 Å². The summed E-state index contributed by atoms with van der Waals surface area (Å²) in [5.41, 5.74) is 2.59. The molecule has 2 amide bonds. The molecule has 0 saturated carbocycles. The molecule has 0 saturated heterocycles. The molecule has 0 bridgehead atoms. The van der Waals surface area contributed by atoms with Gasteiger partial charge in [0.15, 0.2) is 6.10 Å². The topological polar surface area (TPSA) is 58.6 Å². The Kier molecular flexibility index (Phi) is 5.39. The number of rotatable bonds is 4. The summed E-state index contributed by atoms with van der Waals surface area (Å²) in [4.78, 5) is 25.7. The lowest BCUT2D eigenvalue weighted by atomic mass is 10.1. The van der Waals surface area contributed by atoms with Gasteiger partial charge in [0.05, 0.1) is 5.02 Å². The summed E-state index contributed by atoms with van der Waals surface area (Å²) in [5, 5.41) is 3.67. The highest BCUT2D eigenvalue weighted by molar-refractivity contribution is 6.35. The number of amides is 2. The zero-order valence-electron chi connectivity index (χ0n) is 14.4. The van der Waals surface area contributed by atoms with Crippen LogP contribution in [-0.2, 0) is 16.0 Å². The molecular formula is C19H18Cl2N2O3. The van der Waals surface area contributed by atoms with Gasteiger partial charge in [0.2, 0.25) is 5.91 Å². The Morgan fingerprint density at radius 3 is 2.65 bits per heavy atom. The Morgan fingerprint density at radius 2 is 1.96 bits per heavy atom. The fraction of sp³-hybridized carbons (Fsp3) is 0.263. The van der Waals surface area contributed by atoms with Gasteiger partial charge in [0.1, 0.15) is 5.75 Å². The van der Waals surface area contributed by atoms with Crippen molar-refractivity contribution < 1.29 is 14.3 Å². The molecule has 7 heteroatoms. The van der Waals surface area contributed by atoms with Gasteiger partial charge < -0.3 is 15.0 Å². The largest absolute Gasteiger partial charge is 0.479 e. The second-order valence-corrected chi connectivity index (χ2v) is 6.93. The minimum absolute atomic E-state index is 0.0161. The van der Waals surface area contributed by atoms with Crippen molar-refractivity contribution in [2.75, 3.05) is 16.8 Å². The summed E-state index contributed by atoms with van der Waals surface area (Å²) in [6.07, 6.45) is 0.0288. The van der Waals surface area contributed by atoms with E-state index in [9.17, 15) is 9.59 Å². The third kappa shape index (κ3) is 3.94. The molecule has 2 aromatic carbocycles. The van der Waals surface area contributed by atoms with Crippen LogP contribution in [0.15, 0.2) is 36.4 Å². The average Bonchev–Trinajstić information content (AvgIpc) is 3.00. The predicted octanol–water partition coefficient (Wildman–Crippen LogP) is 4.31. The molecule has 136 valence electrons. The molecular weight excluding hydrogens is 375 g/mol. The van der Waals surface area contributed by atoms with Gasteiger partial charge in [-0.15, -0.1) is 0 Å². The Balaban J connectivity index is 1.67. The number of carbonyl (C=O) groups excluding carboxylic acids is 2. The molecule has 26 heavy (non-hydrogen) atoms. The molecule has 2 aromatic rings. The minimum atomic E-state index is -0.740. The van der Waals surface area contributed by atoms with Crippen LogP contribution in [0.3, 0.4) is 0 Å². The van der Waals surface area contributed by atoms with Crippen LogP contribution in [0.1, 0.15) is 19.4 Å². The van der Waals surface area contributed by atoms with Crippen molar-refractivity contribution in [3.63, 3.8) is 0 Å². The highest BCUT2D eigenvalue weighted by Gasteiger charge is 2.23. The van der Waals surface area contributed by atoms with E-state index in [1.54, 1.807) is 43.0 Å². The lowest BCUT2D eigenvalue weighted by Crippen LogP contribution is -2.30. The van der Waals surface area contributed by atoms with Crippen LogP contribution in [-0.4, -0.2) is 24.5 Å². The molecule has 0 aliphatic carbocycles. The van der Waals surface area contributed by atoms with E-state index in [0.717, 1.165) is 17.7 Å². The molecule has 1 N–H and O–H groups in total. The van der Waals surface area contributed by atoms with Crippen molar-refractivity contribution in [1.82, 2.24) is 0 Å². The van der Waals surface area contributed by atoms with Crippen molar-refractivity contribution in [3.05, 3.63) is 52.0 Å². The number of carbonyl (C=O) groups is 2. The van der Waals surface area contributed by atoms with Gasteiger partial charge in [-0.2, -0.15) is 0 Å². The number of hydrogen-bond donors (Lipinski definition) is 1. The van der Waals surface area contributed by atoms with Gasteiger partial charge in [-0.05, 0) is 55.3 Å². The van der Waals surface area contributed by atoms with E-state index in [1.807, 2.05) is 12.1 Å². The molecule has 5 nitrogen and oxygen atoms in total. The summed E-state index contributed by atoms with van der Waals surface area (Å²) < 4.78 is 5.62. The van der Waals surface area contributed by atoms with Gasteiger partial charge in [-0.3, -0.25) is 9.59 Å². The zero-order valence-corrected chi connectivity index (χ0v) is 15.9. The summed E-state index contributed by atoms with van der Waals surface area (Å²) in [7, 11) is 0. The van der Waals surface area contributed by atoms with Crippen LogP contribution in [0.5, 0.6) is 5.75 Å². The van der Waals surface area contributed by atoms with Crippen LogP contribution >= 0.6 is 23.2 Å². The van der Waals surface area contributed by atoms with E-state index < -0.39 is 6.10 Å². The van der Waals surface area contributed by atoms with E-state index in [1.165, 1.54) is 0 Å². The van der Waals surface area contributed by atoms with Crippen molar-refractivity contribution in [1.29, 1.82) is 0 Å². The van der Waals surface area contributed by atoms with E-state index >= 15 is 0 Å². The number of nitrogens with one attached hydrogen (secondary N) is 1. The van der Waals surface area contributed by atoms with Crippen molar-refractivity contribution >= 4 is 46.4 Å². The van der Waals surface area contributed by atoms with Crippen molar-refractivity contribution in [2.45, 2.75) is 26.4 Å². The number of hydrogen-bond acceptors (Lipinski definition) is 3. The van der Waals surface area contributed by atoms with Crippen LogP contribution < -0.4 is 15.0 Å². The van der Waals surface area contributed by atoms with Gasteiger partial charge in [-0.25, -0.2) is 0 Å². The fourth-order valence-corrected chi connectivity index (χ4v) is 3.32. The summed E-state index contributed by atoms with van der Waals surface area (Å²) in [6, 6.07) is 10.3. The summed E-state index contributed by atoms with van der Waals surface area (Å²) in [5.74, 6) is 0.115. The van der Waals surface area contributed by atoms with Crippen LogP contribution in [0.25, 0.3) is 0 Å². The quantitative estimate of drug-likeness (QED) is 0.842. The predicted molar refractivity (Wildman–Crippen MR) is 103 cm³/mol. The lowest BCUT2D eigenvalue weighted by Gasteiger charge is -2.17. The molecule has 0 unspecified atom stereocenters. The lowest BCUT2D eigenvalue weighted by molar-refractivity contribution is -0.122. The Hall–Kier alpha value is -2.24. The molecule has 0 spiro atoms. The second kappa shape index (κ2) is 7.56. The van der Waals surface area contributed by atoms with Crippen molar-refractivity contribution in [3.8, 4) is 5.75 Å². The van der Waals surface area contributed by atoms with Crippen LogP contribution in [0.2, 0.25) is 10.0 Å². The number of ether oxygens (including phenoxy) is 1. The third-order valence-corrected chi connectivity index (χ3v) is 4.72. The van der Waals surface area contributed by atoms with E-state index in [4.69, 9.17) is 27.9 Å².